The standard InChI is InChI=1S/C21H26N4O3/c1-4-14(2)18(19-23-16-9-5-6-10-17(16)24-19)25-20(26)15-8-7-11-22-21(15)28-13-12-27-3/h5-11,14,18H,4,12-13H2,1-3H3,(H,23,24)(H,25,26). The van der Waals surface area contributed by atoms with E-state index in [1.165, 1.54) is 0 Å². The van der Waals surface area contributed by atoms with E-state index in [0.717, 1.165) is 23.3 Å². The predicted molar refractivity (Wildman–Crippen MR) is 107 cm³/mol. The van der Waals surface area contributed by atoms with Crippen molar-refractivity contribution in [3.05, 3.63) is 54.0 Å². The second-order valence-electron chi connectivity index (χ2n) is 6.67. The third kappa shape index (κ3) is 4.48. The molecule has 0 spiro atoms. The van der Waals surface area contributed by atoms with Crippen LogP contribution in [-0.2, 0) is 4.74 Å². The number of carbonyl (C=O) groups excluding carboxylic acids is 1. The number of pyridine rings is 1. The number of methoxy groups -OCH3 is 1. The molecular weight excluding hydrogens is 356 g/mol. The monoisotopic (exact) mass is 382 g/mol. The number of aromatic amines is 1. The van der Waals surface area contributed by atoms with Crippen LogP contribution in [0.5, 0.6) is 5.88 Å². The number of rotatable bonds is 9. The fourth-order valence-electron chi connectivity index (χ4n) is 2.95. The molecule has 28 heavy (non-hydrogen) atoms. The molecule has 2 aromatic heterocycles. The quantitative estimate of drug-likeness (QED) is 0.553. The van der Waals surface area contributed by atoms with Gasteiger partial charge in [-0.3, -0.25) is 4.79 Å². The van der Waals surface area contributed by atoms with Crippen LogP contribution in [0.1, 0.15) is 42.5 Å². The molecule has 0 fully saturated rings. The molecular formula is C21H26N4O3. The average Bonchev–Trinajstić information content (AvgIpc) is 3.15. The fraction of sp³-hybridized carbons (Fsp3) is 0.381. The number of aromatic nitrogens is 3. The van der Waals surface area contributed by atoms with Crippen molar-refractivity contribution in [2.24, 2.45) is 5.92 Å². The van der Waals surface area contributed by atoms with Crippen molar-refractivity contribution in [2.45, 2.75) is 26.3 Å². The van der Waals surface area contributed by atoms with E-state index in [0.29, 0.717) is 24.7 Å². The van der Waals surface area contributed by atoms with E-state index in [-0.39, 0.29) is 17.9 Å². The molecule has 2 N–H and O–H groups in total. The van der Waals surface area contributed by atoms with Gasteiger partial charge in [0.25, 0.3) is 5.91 Å². The highest BCUT2D eigenvalue weighted by atomic mass is 16.5. The molecule has 0 aliphatic carbocycles. The smallest absolute Gasteiger partial charge is 0.257 e. The summed E-state index contributed by atoms with van der Waals surface area (Å²) in [6.45, 7) is 4.94. The van der Waals surface area contributed by atoms with Crippen LogP contribution in [0.15, 0.2) is 42.6 Å². The molecule has 0 saturated heterocycles. The Morgan fingerprint density at radius 1 is 1.21 bits per heavy atom. The molecule has 2 unspecified atom stereocenters. The average molecular weight is 382 g/mol. The van der Waals surface area contributed by atoms with Crippen molar-refractivity contribution < 1.29 is 14.3 Å². The summed E-state index contributed by atoms with van der Waals surface area (Å²) in [4.78, 5) is 25.2. The molecule has 3 aromatic rings. The zero-order valence-electron chi connectivity index (χ0n) is 16.4. The lowest BCUT2D eigenvalue weighted by atomic mass is 9.98. The largest absolute Gasteiger partial charge is 0.475 e. The first kappa shape index (κ1) is 19.8. The molecule has 7 nitrogen and oxygen atoms in total. The van der Waals surface area contributed by atoms with Gasteiger partial charge < -0.3 is 19.8 Å². The van der Waals surface area contributed by atoms with Gasteiger partial charge in [0.2, 0.25) is 5.88 Å². The number of amides is 1. The van der Waals surface area contributed by atoms with Crippen molar-refractivity contribution in [3.8, 4) is 5.88 Å². The van der Waals surface area contributed by atoms with E-state index >= 15 is 0 Å². The van der Waals surface area contributed by atoms with Crippen molar-refractivity contribution in [1.29, 1.82) is 0 Å². The minimum atomic E-state index is -0.253. The van der Waals surface area contributed by atoms with E-state index in [1.807, 2.05) is 24.3 Å². The molecule has 2 atom stereocenters. The number of carbonyl (C=O) groups is 1. The highest BCUT2D eigenvalue weighted by Crippen LogP contribution is 2.26. The van der Waals surface area contributed by atoms with E-state index in [2.05, 4.69) is 34.1 Å². The van der Waals surface area contributed by atoms with Gasteiger partial charge in [-0.25, -0.2) is 9.97 Å². The van der Waals surface area contributed by atoms with Gasteiger partial charge in [0, 0.05) is 13.3 Å². The van der Waals surface area contributed by atoms with Crippen molar-refractivity contribution in [3.63, 3.8) is 0 Å². The predicted octanol–water partition coefficient (Wildman–Crippen LogP) is 3.50. The summed E-state index contributed by atoms with van der Waals surface area (Å²) in [5.74, 6) is 0.990. The number of para-hydroxylation sites is 2. The summed E-state index contributed by atoms with van der Waals surface area (Å²) >= 11 is 0. The number of H-pyrrole nitrogens is 1. The second kappa shape index (κ2) is 9.32. The molecule has 0 radical (unpaired) electrons. The summed E-state index contributed by atoms with van der Waals surface area (Å²) in [7, 11) is 1.60. The Kier molecular flexibility index (Phi) is 6.60. The third-order valence-corrected chi connectivity index (χ3v) is 4.74. The third-order valence-electron chi connectivity index (χ3n) is 4.74. The van der Waals surface area contributed by atoms with E-state index in [1.54, 1.807) is 25.4 Å². The molecule has 2 heterocycles. The first-order valence-corrected chi connectivity index (χ1v) is 9.46. The Morgan fingerprint density at radius 2 is 2.04 bits per heavy atom. The van der Waals surface area contributed by atoms with Crippen molar-refractivity contribution in [1.82, 2.24) is 20.3 Å². The van der Waals surface area contributed by atoms with E-state index < -0.39 is 0 Å². The Bertz CT molecular complexity index is 892. The zero-order valence-corrected chi connectivity index (χ0v) is 16.4. The Balaban J connectivity index is 1.84. The highest BCUT2D eigenvalue weighted by molar-refractivity contribution is 5.96. The van der Waals surface area contributed by atoms with Gasteiger partial charge in [-0.05, 0) is 30.2 Å². The van der Waals surface area contributed by atoms with Gasteiger partial charge in [0.15, 0.2) is 0 Å². The van der Waals surface area contributed by atoms with Gasteiger partial charge in [-0.1, -0.05) is 32.4 Å². The van der Waals surface area contributed by atoms with Gasteiger partial charge in [-0.2, -0.15) is 0 Å². The van der Waals surface area contributed by atoms with Crippen LogP contribution in [0.4, 0.5) is 0 Å². The van der Waals surface area contributed by atoms with Gasteiger partial charge >= 0.3 is 0 Å². The number of ether oxygens (including phenoxy) is 2. The fourth-order valence-corrected chi connectivity index (χ4v) is 2.95. The van der Waals surface area contributed by atoms with Crippen LogP contribution >= 0.6 is 0 Å². The number of nitrogens with zero attached hydrogens (tertiary/aromatic N) is 2. The van der Waals surface area contributed by atoms with Gasteiger partial charge in [-0.15, -0.1) is 0 Å². The number of hydrogen-bond acceptors (Lipinski definition) is 5. The maximum Gasteiger partial charge on any atom is 0.257 e. The molecule has 0 bridgehead atoms. The van der Waals surface area contributed by atoms with Gasteiger partial charge in [0.05, 0.1) is 23.7 Å². The topological polar surface area (TPSA) is 89.1 Å². The maximum atomic E-state index is 13.0. The summed E-state index contributed by atoms with van der Waals surface area (Å²) in [5, 5.41) is 3.11. The van der Waals surface area contributed by atoms with Crippen LogP contribution in [0.2, 0.25) is 0 Å². The van der Waals surface area contributed by atoms with E-state index in [9.17, 15) is 4.79 Å². The summed E-state index contributed by atoms with van der Waals surface area (Å²) in [6, 6.07) is 11.0. The molecule has 3 rings (SSSR count). The van der Waals surface area contributed by atoms with Crippen LogP contribution in [0.3, 0.4) is 0 Å². The SMILES string of the molecule is CCC(C)C(NC(=O)c1cccnc1OCCOC)c1nc2ccccc2[nH]1. The lowest BCUT2D eigenvalue weighted by Gasteiger charge is -2.23. The van der Waals surface area contributed by atoms with Crippen molar-refractivity contribution in [2.75, 3.05) is 20.3 Å². The van der Waals surface area contributed by atoms with E-state index in [4.69, 9.17) is 9.47 Å². The Labute approximate surface area is 164 Å². The number of fused-ring (bicyclic) bond motifs is 1. The highest BCUT2D eigenvalue weighted by Gasteiger charge is 2.25. The second-order valence-corrected chi connectivity index (χ2v) is 6.67. The molecule has 1 amide bonds. The number of imidazole rings is 1. The first-order valence-electron chi connectivity index (χ1n) is 9.46. The molecule has 148 valence electrons. The molecule has 0 aliphatic heterocycles. The molecule has 0 aliphatic rings. The van der Waals surface area contributed by atoms with Crippen LogP contribution in [0.25, 0.3) is 11.0 Å². The number of benzene rings is 1. The molecule has 7 heteroatoms. The van der Waals surface area contributed by atoms with Crippen LogP contribution in [0, 0.1) is 5.92 Å². The normalized spacial score (nSPS) is 13.2. The minimum absolute atomic E-state index is 0.194. The van der Waals surface area contributed by atoms with Crippen LogP contribution in [-0.4, -0.2) is 41.2 Å². The summed E-state index contributed by atoms with van der Waals surface area (Å²) in [5.41, 5.74) is 2.22. The minimum Gasteiger partial charge on any atom is -0.475 e. The Hall–Kier alpha value is -2.93. The molecule has 0 saturated carbocycles. The number of hydrogen-bond donors (Lipinski definition) is 2. The van der Waals surface area contributed by atoms with Gasteiger partial charge in [0.1, 0.15) is 18.0 Å². The van der Waals surface area contributed by atoms with Crippen LogP contribution < -0.4 is 10.1 Å². The lowest BCUT2D eigenvalue weighted by molar-refractivity contribution is 0.0911. The first-order chi connectivity index (χ1) is 13.6. The molecule has 1 aromatic carbocycles. The van der Waals surface area contributed by atoms with Crippen molar-refractivity contribution >= 4 is 16.9 Å². The summed E-state index contributed by atoms with van der Waals surface area (Å²) in [6.07, 6.45) is 2.50. The Morgan fingerprint density at radius 3 is 2.79 bits per heavy atom. The number of nitrogens with one attached hydrogen (secondary N) is 2. The lowest BCUT2D eigenvalue weighted by Crippen LogP contribution is -2.33. The zero-order chi connectivity index (χ0) is 19.9. The summed E-state index contributed by atoms with van der Waals surface area (Å²) < 4.78 is 10.6. The maximum absolute atomic E-state index is 13.0.